The molecule has 0 bridgehead atoms. The summed E-state index contributed by atoms with van der Waals surface area (Å²) in [6.07, 6.45) is 2.69. The van der Waals surface area contributed by atoms with Crippen LogP contribution in [0.1, 0.15) is 46.4 Å². The molecular weight excluding hydrogens is 589 g/mol. The van der Waals surface area contributed by atoms with E-state index >= 15 is 0 Å². The van der Waals surface area contributed by atoms with Gasteiger partial charge in [-0.3, -0.25) is 24.5 Å². The number of H-pyrrole nitrogens is 1. The van der Waals surface area contributed by atoms with Gasteiger partial charge in [0, 0.05) is 47.2 Å². The van der Waals surface area contributed by atoms with Crippen molar-refractivity contribution in [3.8, 4) is 0 Å². The lowest BCUT2D eigenvalue weighted by molar-refractivity contribution is -0.384. The Kier molecular flexibility index (Phi) is 8.12. The number of rotatable bonds is 6. The van der Waals surface area contributed by atoms with E-state index in [4.69, 9.17) is 4.74 Å². The molecule has 210 valence electrons. The number of nitro groups is 1. The minimum atomic E-state index is -0.644. The Morgan fingerprint density at radius 1 is 1.10 bits per heavy atom. The van der Waals surface area contributed by atoms with Crippen LogP contribution in [0.5, 0.6) is 0 Å². The highest BCUT2D eigenvalue weighted by Crippen LogP contribution is 2.36. The molecule has 1 saturated heterocycles. The molecule has 2 heterocycles. The highest BCUT2D eigenvalue weighted by molar-refractivity contribution is 9.10. The third-order valence-electron chi connectivity index (χ3n) is 7.28. The van der Waals surface area contributed by atoms with Gasteiger partial charge in [0.25, 0.3) is 17.5 Å². The number of carbonyl (C=O) groups excluding carboxylic acids is 2. The molecule has 3 aromatic rings. The molecule has 40 heavy (non-hydrogen) atoms. The smallest absolute Gasteiger partial charge is 0.294 e. The molecule has 3 N–H and O–H groups in total. The minimum Gasteiger partial charge on any atom is -0.378 e. The molecule has 11 nitrogen and oxygen atoms in total. The Morgan fingerprint density at radius 2 is 1.82 bits per heavy atom. The summed E-state index contributed by atoms with van der Waals surface area (Å²) in [4.78, 5) is 54.7. The number of hydrogen-bond donors (Lipinski definition) is 3. The Morgan fingerprint density at radius 3 is 2.55 bits per heavy atom. The Balaban J connectivity index is 1.47. The number of benzene rings is 2. The molecule has 2 aromatic carbocycles. The monoisotopic (exact) mass is 615 g/mol. The van der Waals surface area contributed by atoms with Gasteiger partial charge in [0.05, 0.1) is 34.8 Å². The summed E-state index contributed by atoms with van der Waals surface area (Å²) in [5, 5.41) is 18.2. The van der Waals surface area contributed by atoms with Gasteiger partial charge in [-0.15, -0.1) is 0 Å². The quantitative estimate of drug-likeness (QED) is 0.281. The number of nitrogens with one attached hydrogen (secondary N) is 3. The van der Waals surface area contributed by atoms with Crippen LogP contribution in [-0.4, -0.2) is 65.0 Å². The maximum absolute atomic E-state index is 14.7. The molecule has 2 amide bonds. The Bertz CT molecular complexity index is 1540. The van der Waals surface area contributed by atoms with Crippen LogP contribution in [0.2, 0.25) is 0 Å². The SMILES string of the molecule is O=C(N[C@H]1CCCC[C@H]1Nc1c(C(=O)N2CCOCC2)cc(Br)cc1[N+](=O)[O-])c1cc(=O)[nH]c2cccc(F)c12. The molecule has 1 aromatic heterocycles. The van der Waals surface area contributed by atoms with Crippen molar-refractivity contribution in [2.75, 3.05) is 31.6 Å². The molecule has 0 unspecified atom stereocenters. The zero-order valence-electron chi connectivity index (χ0n) is 21.4. The predicted octanol–water partition coefficient (Wildman–Crippen LogP) is 3.96. The van der Waals surface area contributed by atoms with Crippen molar-refractivity contribution in [3.63, 3.8) is 0 Å². The van der Waals surface area contributed by atoms with Gasteiger partial charge in [0.15, 0.2) is 0 Å². The number of anilines is 1. The molecule has 5 rings (SSSR count). The molecule has 13 heteroatoms. The number of aromatic nitrogens is 1. The number of ether oxygens (including phenoxy) is 1. The average Bonchev–Trinajstić information content (AvgIpc) is 2.94. The standard InChI is InChI=1S/C27H27BrFN5O6/c28-15-12-17(27(37)33-8-10-40-11-9-33)25(22(13-15)34(38)39)31-19-5-1-2-6-20(19)32-26(36)16-14-23(35)30-21-7-3-4-18(29)24(16)21/h3-4,7,12-14,19-20,31H,1-2,5-6,8-11H2,(H,30,35)(H,32,36)/t19-,20+/m1/s1. The summed E-state index contributed by atoms with van der Waals surface area (Å²) in [6, 6.07) is 7.14. The first kappa shape index (κ1) is 27.7. The van der Waals surface area contributed by atoms with Crippen LogP contribution in [0.4, 0.5) is 15.8 Å². The predicted molar refractivity (Wildman–Crippen MR) is 149 cm³/mol. The maximum Gasteiger partial charge on any atom is 0.294 e. The average molecular weight is 616 g/mol. The summed E-state index contributed by atoms with van der Waals surface area (Å²) < 4.78 is 20.4. The minimum absolute atomic E-state index is 0.00172. The normalized spacial score (nSPS) is 19.3. The van der Waals surface area contributed by atoms with Gasteiger partial charge >= 0.3 is 0 Å². The fourth-order valence-electron chi connectivity index (χ4n) is 5.35. The van der Waals surface area contributed by atoms with Crippen molar-refractivity contribution in [2.24, 2.45) is 0 Å². The highest BCUT2D eigenvalue weighted by atomic mass is 79.9. The van der Waals surface area contributed by atoms with Gasteiger partial charge in [-0.05, 0) is 31.0 Å². The lowest BCUT2D eigenvalue weighted by Gasteiger charge is -2.34. The van der Waals surface area contributed by atoms with E-state index in [1.807, 2.05) is 0 Å². The zero-order valence-corrected chi connectivity index (χ0v) is 23.0. The molecule has 0 spiro atoms. The van der Waals surface area contributed by atoms with Crippen molar-refractivity contribution >= 4 is 50.0 Å². The largest absolute Gasteiger partial charge is 0.378 e. The van der Waals surface area contributed by atoms with Crippen molar-refractivity contribution in [3.05, 3.63) is 78.3 Å². The topological polar surface area (TPSA) is 147 Å². The number of halogens is 2. The number of nitro benzene ring substituents is 1. The number of fused-ring (bicyclic) bond motifs is 1. The lowest BCUT2D eigenvalue weighted by atomic mass is 9.89. The van der Waals surface area contributed by atoms with Gasteiger partial charge in [-0.1, -0.05) is 34.8 Å². The van der Waals surface area contributed by atoms with Crippen LogP contribution in [0, 0.1) is 15.9 Å². The molecule has 1 saturated carbocycles. The zero-order chi connectivity index (χ0) is 28.4. The third kappa shape index (κ3) is 5.70. The first-order chi connectivity index (χ1) is 19.2. The van der Waals surface area contributed by atoms with E-state index in [0.29, 0.717) is 43.6 Å². The molecule has 0 radical (unpaired) electrons. The van der Waals surface area contributed by atoms with E-state index in [2.05, 4.69) is 31.5 Å². The third-order valence-corrected chi connectivity index (χ3v) is 7.74. The van der Waals surface area contributed by atoms with Gasteiger partial charge in [-0.25, -0.2) is 4.39 Å². The summed E-state index contributed by atoms with van der Waals surface area (Å²) in [6.45, 7) is 1.47. The van der Waals surface area contributed by atoms with Crippen molar-refractivity contribution in [1.82, 2.24) is 15.2 Å². The number of morpholine rings is 1. The van der Waals surface area contributed by atoms with Crippen LogP contribution in [0.3, 0.4) is 0 Å². The number of aromatic amines is 1. The number of carbonyl (C=O) groups is 2. The Labute approximate surface area is 236 Å². The van der Waals surface area contributed by atoms with E-state index in [-0.39, 0.29) is 39.3 Å². The van der Waals surface area contributed by atoms with Crippen LogP contribution in [-0.2, 0) is 4.74 Å². The van der Waals surface area contributed by atoms with Crippen molar-refractivity contribution < 1.29 is 23.6 Å². The summed E-state index contributed by atoms with van der Waals surface area (Å²) in [7, 11) is 0. The fourth-order valence-corrected chi connectivity index (χ4v) is 5.80. The van der Waals surface area contributed by atoms with Crippen LogP contribution in [0.15, 0.2) is 45.7 Å². The van der Waals surface area contributed by atoms with Crippen LogP contribution < -0.4 is 16.2 Å². The number of amides is 2. The first-order valence-electron chi connectivity index (χ1n) is 13.0. The summed E-state index contributed by atoms with van der Waals surface area (Å²) in [5.41, 5.74) is -0.501. The second-order valence-corrected chi connectivity index (χ2v) is 10.7. The van der Waals surface area contributed by atoms with E-state index < -0.39 is 34.3 Å². The number of nitrogens with zero attached hydrogens (tertiary/aromatic N) is 2. The molecule has 1 aliphatic heterocycles. The number of hydrogen-bond acceptors (Lipinski definition) is 7. The second kappa shape index (κ2) is 11.7. The molecule has 1 aliphatic carbocycles. The highest BCUT2D eigenvalue weighted by Gasteiger charge is 2.33. The van der Waals surface area contributed by atoms with Gasteiger partial charge < -0.3 is 25.3 Å². The van der Waals surface area contributed by atoms with E-state index in [1.54, 1.807) is 11.0 Å². The van der Waals surface area contributed by atoms with Crippen LogP contribution in [0.25, 0.3) is 10.9 Å². The van der Waals surface area contributed by atoms with Crippen molar-refractivity contribution in [1.29, 1.82) is 0 Å². The molecule has 2 atom stereocenters. The first-order valence-corrected chi connectivity index (χ1v) is 13.8. The van der Waals surface area contributed by atoms with Crippen molar-refractivity contribution in [2.45, 2.75) is 37.8 Å². The maximum atomic E-state index is 14.7. The van der Waals surface area contributed by atoms with E-state index in [0.717, 1.165) is 18.9 Å². The Hall–Kier alpha value is -3.84. The molecule has 2 fully saturated rings. The summed E-state index contributed by atoms with van der Waals surface area (Å²) >= 11 is 3.29. The number of pyridine rings is 1. The van der Waals surface area contributed by atoms with Gasteiger partial charge in [0.2, 0.25) is 5.56 Å². The van der Waals surface area contributed by atoms with Gasteiger partial charge in [0.1, 0.15) is 11.5 Å². The molecule has 2 aliphatic rings. The lowest BCUT2D eigenvalue weighted by Crippen LogP contribution is -2.49. The van der Waals surface area contributed by atoms with E-state index in [1.165, 1.54) is 24.3 Å². The second-order valence-electron chi connectivity index (χ2n) is 9.83. The summed E-state index contributed by atoms with van der Waals surface area (Å²) in [5.74, 6) is -1.64. The van der Waals surface area contributed by atoms with Crippen LogP contribution >= 0.6 is 15.9 Å². The molecular formula is C27H27BrFN5O6. The fraction of sp³-hybridized carbons (Fsp3) is 0.370. The van der Waals surface area contributed by atoms with Gasteiger partial charge in [-0.2, -0.15) is 0 Å². The van der Waals surface area contributed by atoms with E-state index in [9.17, 15) is 28.9 Å².